The third-order valence-electron chi connectivity index (χ3n) is 3.12. The molecule has 0 aliphatic rings. The van der Waals surface area contributed by atoms with Gasteiger partial charge in [0.15, 0.2) is 0 Å². The second-order valence-electron chi connectivity index (χ2n) is 4.30. The molecule has 0 radical (unpaired) electrons. The Labute approximate surface area is 117 Å². The van der Waals surface area contributed by atoms with Gasteiger partial charge in [0, 0.05) is 16.7 Å². The molecule has 2 rings (SSSR count). The first-order valence-electron chi connectivity index (χ1n) is 5.97. The van der Waals surface area contributed by atoms with Crippen LogP contribution in [0.5, 0.6) is 0 Å². The number of hydrazine groups is 1. The Morgan fingerprint density at radius 3 is 2.39 bits per heavy atom. The van der Waals surface area contributed by atoms with E-state index in [0.29, 0.717) is 0 Å². The number of anilines is 1. The van der Waals surface area contributed by atoms with Gasteiger partial charge in [0.1, 0.15) is 0 Å². The lowest BCUT2D eigenvalue weighted by Crippen LogP contribution is -2.21. The summed E-state index contributed by atoms with van der Waals surface area (Å²) in [5.74, 6) is 0. The van der Waals surface area contributed by atoms with Crippen LogP contribution in [0.1, 0.15) is 16.7 Å². The Morgan fingerprint density at radius 1 is 0.944 bits per heavy atom. The number of para-hydroxylation sites is 1. The van der Waals surface area contributed by atoms with E-state index in [4.69, 9.17) is 0 Å². The highest BCUT2D eigenvalue weighted by atomic mass is 79.9. The summed E-state index contributed by atoms with van der Waals surface area (Å²) >= 11 is 3.55. The molecule has 0 spiro atoms. The molecule has 2 nitrogen and oxygen atoms in total. The molecule has 0 fully saturated rings. The van der Waals surface area contributed by atoms with Crippen molar-refractivity contribution >= 4 is 21.6 Å². The summed E-state index contributed by atoms with van der Waals surface area (Å²) in [7, 11) is 0. The van der Waals surface area contributed by atoms with E-state index in [0.717, 1.165) is 12.2 Å². The first-order valence-corrected chi connectivity index (χ1v) is 6.76. The molecule has 3 heteroatoms. The van der Waals surface area contributed by atoms with Crippen LogP contribution in [-0.2, 0) is 6.54 Å². The van der Waals surface area contributed by atoms with Crippen molar-refractivity contribution in [3.8, 4) is 0 Å². The molecule has 0 atom stereocenters. The van der Waals surface area contributed by atoms with E-state index >= 15 is 0 Å². The second kappa shape index (κ2) is 6.03. The molecule has 0 aliphatic heterocycles. The third-order valence-corrected chi connectivity index (χ3v) is 3.98. The van der Waals surface area contributed by atoms with E-state index in [1.165, 1.54) is 21.2 Å². The molecule has 0 aliphatic carbocycles. The van der Waals surface area contributed by atoms with Crippen LogP contribution in [0.4, 0.5) is 5.69 Å². The fraction of sp³-hybridized carbons (Fsp3) is 0.200. The highest BCUT2D eigenvalue weighted by Gasteiger charge is 2.03. The fourth-order valence-electron chi connectivity index (χ4n) is 1.80. The minimum absolute atomic E-state index is 0.800. The average Bonchev–Trinajstić information content (AvgIpc) is 2.40. The molecule has 0 unspecified atom stereocenters. The van der Waals surface area contributed by atoms with Crippen molar-refractivity contribution in [1.29, 1.82) is 0 Å². The highest BCUT2D eigenvalue weighted by molar-refractivity contribution is 9.10. The van der Waals surface area contributed by atoms with Gasteiger partial charge in [0.2, 0.25) is 0 Å². The standard InChI is InChI=1S/C15H17BrN2/c1-11-12(2)15(16)9-8-13(11)10-17-18-14-6-4-3-5-7-14/h3-9,17-18H,10H2,1-2H3. The van der Waals surface area contributed by atoms with Gasteiger partial charge in [-0.3, -0.25) is 0 Å². The van der Waals surface area contributed by atoms with Crippen molar-refractivity contribution in [1.82, 2.24) is 5.43 Å². The predicted molar refractivity (Wildman–Crippen MR) is 80.5 cm³/mol. The number of rotatable bonds is 4. The normalized spacial score (nSPS) is 10.4. The molecule has 0 saturated heterocycles. The molecule has 18 heavy (non-hydrogen) atoms. The molecule has 0 amide bonds. The number of benzene rings is 2. The molecule has 2 N–H and O–H groups in total. The smallest absolute Gasteiger partial charge is 0.0487 e. The van der Waals surface area contributed by atoms with Gasteiger partial charge in [-0.1, -0.05) is 40.2 Å². The van der Waals surface area contributed by atoms with Crippen LogP contribution in [0.2, 0.25) is 0 Å². The summed E-state index contributed by atoms with van der Waals surface area (Å²) in [4.78, 5) is 0. The molecule has 2 aromatic rings. The van der Waals surface area contributed by atoms with Gasteiger partial charge in [0.05, 0.1) is 0 Å². The van der Waals surface area contributed by atoms with Gasteiger partial charge in [0.25, 0.3) is 0 Å². The van der Waals surface area contributed by atoms with Crippen molar-refractivity contribution in [2.45, 2.75) is 20.4 Å². The van der Waals surface area contributed by atoms with Crippen molar-refractivity contribution in [2.24, 2.45) is 0 Å². The molecular weight excluding hydrogens is 288 g/mol. The number of hydrogen-bond acceptors (Lipinski definition) is 2. The van der Waals surface area contributed by atoms with Crippen molar-refractivity contribution < 1.29 is 0 Å². The lowest BCUT2D eigenvalue weighted by Gasteiger charge is -2.12. The Kier molecular flexibility index (Phi) is 4.39. The van der Waals surface area contributed by atoms with Gasteiger partial charge in [-0.2, -0.15) is 0 Å². The zero-order chi connectivity index (χ0) is 13.0. The zero-order valence-electron chi connectivity index (χ0n) is 10.6. The molecule has 0 heterocycles. The van der Waals surface area contributed by atoms with Gasteiger partial charge in [-0.25, -0.2) is 5.43 Å². The molecule has 0 bridgehead atoms. The topological polar surface area (TPSA) is 24.1 Å². The zero-order valence-corrected chi connectivity index (χ0v) is 12.2. The molecule has 0 aromatic heterocycles. The molecule has 94 valence electrons. The lowest BCUT2D eigenvalue weighted by molar-refractivity contribution is 0.794. The number of halogens is 1. The maximum Gasteiger partial charge on any atom is 0.0487 e. The van der Waals surface area contributed by atoms with Crippen molar-refractivity contribution in [2.75, 3.05) is 5.43 Å². The van der Waals surface area contributed by atoms with Crippen LogP contribution in [0, 0.1) is 13.8 Å². The number of hydrogen-bond donors (Lipinski definition) is 2. The molecular formula is C15H17BrN2. The van der Waals surface area contributed by atoms with Gasteiger partial charge >= 0.3 is 0 Å². The predicted octanol–water partition coefficient (Wildman–Crippen LogP) is 4.18. The average molecular weight is 305 g/mol. The Balaban J connectivity index is 1.97. The van der Waals surface area contributed by atoms with E-state index in [-0.39, 0.29) is 0 Å². The van der Waals surface area contributed by atoms with Crippen molar-refractivity contribution in [3.05, 3.63) is 63.6 Å². The van der Waals surface area contributed by atoms with Gasteiger partial charge < -0.3 is 5.43 Å². The summed E-state index contributed by atoms with van der Waals surface area (Å²) < 4.78 is 1.17. The fourth-order valence-corrected chi connectivity index (χ4v) is 2.23. The van der Waals surface area contributed by atoms with Gasteiger partial charge in [-0.15, -0.1) is 0 Å². The Hall–Kier alpha value is -1.32. The Bertz CT molecular complexity index is 524. The van der Waals surface area contributed by atoms with E-state index in [9.17, 15) is 0 Å². The lowest BCUT2D eigenvalue weighted by atomic mass is 10.0. The Morgan fingerprint density at radius 2 is 1.67 bits per heavy atom. The van der Waals surface area contributed by atoms with Crippen molar-refractivity contribution in [3.63, 3.8) is 0 Å². The summed E-state index contributed by atoms with van der Waals surface area (Å²) in [5.41, 5.74) is 11.4. The largest absolute Gasteiger partial charge is 0.321 e. The second-order valence-corrected chi connectivity index (χ2v) is 5.16. The minimum Gasteiger partial charge on any atom is -0.321 e. The molecule has 2 aromatic carbocycles. The first-order chi connectivity index (χ1) is 8.68. The summed E-state index contributed by atoms with van der Waals surface area (Å²) in [6.07, 6.45) is 0. The SMILES string of the molecule is Cc1c(Br)ccc(CNNc2ccccc2)c1C. The van der Waals surface area contributed by atoms with Crippen LogP contribution in [0.15, 0.2) is 46.9 Å². The minimum atomic E-state index is 0.800. The summed E-state index contributed by atoms with van der Waals surface area (Å²) in [6.45, 7) is 5.09. The van der Waals surface area contributed by atoms with Crippen LogP contribution in [-0.4, -0.2) is 0 Å². The van der Waals surface area contributed by atoms with E-state index in [2.05, 4.69) is 52.8 Å². The van der Waals surface area contributed by atoms with E-state index in [1.54, 1.807) is 0 Å². The van der Waals surface area contributed by atoms with Crippen LogP contribution in [0.3, 0.4) is 0 Å². The maximum absolute atomic E-state index is 3.55. The quantitative estimate of drug-likeness (QED) is 0.828. The monoisotopic (exact) mass is 304 g/mol. The molecule has 0 saturated carbocycles. The first kappa shape index (κ1) is 13.1. The maximum atomic E-state index is 3.55. The van der Waals surface area contributed by atoms with Crippen LogP contribution < -0.4 is 10.9 Å². The highest BCUT2D eigenvalue weighted by Crippen LogP contribution is 2.22. The third kappa shape index (κ3) is 3.12. The summed E-state index contributed by atoms with van der Waals surface area (Å²) in [6, 6.07) is 14.3. The van der Waals surface area contributed by atoms with E-state index < -0.39 is 0 Å². The van der Waals surface area contributed by atoms with Crippen LogP contribution in [0.25, 0.3) is 0 Å². The van der Waals surface area contributed by atoms with E-state index in [1.807, 2.05) is 30.3 Å². The van der Waals surface area contributed by atoms with Gasteiger partial charge in [-0.05, 0) is 48.7 Å². The summed E-state index contributed by atoms with van der Waals surface area (Å²) in [5, 5.41) is 0. The van der Waals surface area contributed by atoms with Crippen LogP contribution >= 0.6 is 15.9 Å². The number of nitrogens with one attached hydrogen (secondary N) is 2.